The van der Waals surface area contributed by atoms with Gasteiger partial charge in [-0.25, -0.2) is 18.7 Å². The maximum absolute atomic E-state index is 13.8. The van der Waals surface area contributed by atoms with Gasteiger partial charge in [0.05, 0.1) is 0 Å². The highest BCUT2D eigenvalue weighted by Crippen LogP contribution is 2.24. The van der Waals surface area contributed by atoms with E-state index >= 15 is 0 Å². The predicted molar refractivity (Wildman–Crippen MR) is 86.3 cm³/mol. The minimum atomic E-state index is -0.688. The first-order chi connectivity index (χ1) is 11.6. The molecule has 1 aromatic heterocycles. The molecule has 3 rings (SSSR count). The van der Waals surface area contributed by atoms with Crippen LogP contribution in [0.25, 0.3) is 0 Å². The van der Waals surface area contributed by atoms with Gasteiger partial charge in [-0.3, -0.25) is 4.79 Å². The standard InChI is InChI=1S/C16H17F2N5O/c1-11-19-14(21-16-12(17)3-2-4-13(16)18)9-15(20-11)23-7-5-22(10-24)6-8-23/h2-4,9-10H,5-8H2,1H3,(H,19,20,21). The van der Waals surface area contributed by atoms with Crippen molar-refractivity contribution < 1.29 is 13.6 Å². The molecule has 0 saturated carbocycles. The summed E-state index contributed by atoms with van der Waals surface area (Å²) >= 11 is 0. The van der Waals surface area contributed by atoms with Gasteiger partial charge in [-0.2, -0.15) is 0 Å². The van der Waals surface area contributed by atoms with Crippen molar-refractivity contribution in [2.75, 3.05) is 36.4 Å². The second kappa shape index (κ2) is 6.77. The van der Waals surface area contributed by atoms with Crippen LogP contribution in [0.15, 0.2) is 24.3 Å². The van der Waals surface area contributed by atoms with Crippen molar-refractivity contribution in [3.8, 4) is 0 Å². The molecule has 126 valence electrons. The number of rotatable bonds is 4. The number of aryl methyl sites for hydroxylation is 1. The highest BCUT2D eigenvalue weighted by Gasteiger charge is 2.18. The van der Waals surface area contributed by atoms with E-state index in [4.69, 9.17) is 0 Å². The van der Waals surface area contributed by atoms with Crippen molar-refractivity contribution in [1.29, 1.82) is 0 Å². The molecule has 1 N–H and O–H groups in total. The van der Waals surface area contributed by atoms with Gasteiger partial charge in [0.1, 0.15) is 34.8 Å². The number of carbonyl (C=O) groups excluding carboxylic acids is 1. The van der Waals surface area contributed by atoms with Crippen LogP contribution in [-0.2, 0) is 4.79 Å². The van der Waals surface area contributed by atoms with Crippen molar-refractivity contribution in [2.24, 2.45) is 0 Å². The van der Waals surface area contributed by atoms with E-state index < -0.39 is 11.6 Å². The number of anilines is 3. The third-order valence-corrected chi connectivity index (χ3v) is 3.83. The zero-order valence-electron chi connectivity index (χ0n) is 13.2. The lowest BCUT2D eigenvalue weighted by Gasteiger charge is -2.33. The Labute approximate surface area is 138 Å². The van der Waals surface area contributed by atoms with E-state index in [0.717, 1.165) is 6.41 Å². The highest BCUT2D eigenvalue weighted by molar-refractivity contribution is 5.61. The largest absolute Gasteiger partial charge is 0.353 e. The number of para-hydroxylation sites is 1. The van der Waals surface area contributed by atoms with Gasteiger partial charge in [-0.05, 0) is 19.1 Å². The van der Waals surface area contributed by atoms with Crippen molar-refractivity contribution in [3.63, 3.8) is 0 Å². The Morgan fingerprint density at radius 1 is 1.12 bits per heavy atom. The molecule has 0 bridgehead atoms. The summed E-state index contributed by atoms with van der Waals surface area (Å²) in [4.78, 5) is 23.0. The van der Waals surface area contributed by atoms with Gasteiger partial charge in [0, 0.05) is 32.2 Å². The van der Waals surface area contributed by atoms with Gasteiger partial charge in [0.2, 0.25) is 6.41 Å². The Bertz CT molecular complexity index is 727. The number of benzene rings is 1. The highest BCUT2D eigenvalue weighted by atomic mass is 19.1. The fraction of sp³-hybridized carbons (Fsp3) is 0.312. The molecule has 6 nitrogen and oxygen atoms in total. The minimum absolute atomic E-state index is 0.243. The summed E-state index contributed by atoms with van der Waals surface area (Å²) in [5.41, 5.74) is -0.243. The van der Waals surface area contributed by atoms with E-state index in [9.17, 15) is 13.6 Å². The van der Waals surface area contributed by atoms with Crippen LogP contribution in [0.1, 0.15) is 5.82 Å². The Kier molecular flexibility index (Phi) is 4.54. The SMILES string of the molecule is Cc1nc(Nc2c(F)cccc2F)cc(N2CCN(C=O)CC2)n1. The number of piperazine rings is 1. The molecule has 1 aliphatic heterocycles. The number of amides is 1. The Hall–Kier alpha value is -2.77. The number of nitrogens with one attached hydrogen (secondary N) is 1. The molecular formula is C16H17F2N5O. The van der Waals surface area contributed by atoms with E-state index in [0.29, 0.717) is 43.6 Å². The molecule has 2 aromatic rings. The predicted octanol–water partition coefficient (Wildman–Crippen LogP) is 2.09. The molecule has 8 heteroatoms. The van der Waals surface area contributed by atoms with Crippen molar-refractivity contribution in [1.82, 2.24) is 14.9 Å². The first-order valence-corrected chi connectivity index (χ1v) is 7.58. The number of carbonyl (C=O) groups is 1. The quantitative estimate of drug-likeness (QED) is 0.868. The zero-order valence-corrected chi connectivity index (χ0v) is 13.2. The molecule has 1 aromatic carbocycles. The summed E-state index contributed by atoms with van der Waals surface area (Å²) in [5, 5.41) is 2.69. The van der Waals surface area contributed by atoms with Crippen LogP contribution in [0.2, 0.25) is 0 Å². The van der Waals surface area contributed by atoms with Gasteiger partial charge >= 0.3 is 0 Å². The average molecular weight is 333 g/mol. The van der Waals surface area contributed by atoms with Crippen LogP contribution in [0.3, 0.4) is 0 Å². The molecule has 24 heavy (non-hydrogen) atoms. The van der Waals surface area contributed by atoms with E-state index in [1.54, 1.807) is 17.9 Å². The minimum Gasteiger partial charge on any atom is -0.353 e. The second-order valence-electron chi connectivity index (χ2n) is 5.51. The molecule has 1 saturated heterocycles. The summed E-state index contributed by atoms with van der Waals surface area (Å²) < 4.78 is 27.6. The number of hydrogen-bond donors (Lipinski definition) is 1. The van der Waals surface area contributed by atoms with E-state index in [1.807, 2.05) is 4.90 Å². The number of hydrogen-bond acceptors (Lipinski definition) is 5. The van der Waals surface area contributed by atoms with E-state index in [-0.39, 0.29) is 5.69 Å². The van der Waals surface area contributed by atoms with Crippen LogP contribution >= 0.6 is 0 Å². The van der Waals surface area contributed by atoms with Gasteiger partial charge in [0.25, 0.3) is 0 Å². The van der Waals surface area contributed by atoms with Gasteiger partial charge in [0.15, 0.2) is 0 Å². The van der Waals surface area contributed by atoms with E-state index in [2.05, 4.69) is 15.3 Å². The van der Waals surface area contributed by atoms with Crippen LogP contribution in [0.4, 0.5) is 26.1 Å². The summed E-state index contributed by atoms with van der Waals surface area (Å²) in [5.74, 6) is 0.0935. The first kappa shape index (κ1) is 16.1. The molecule has 2 heterocycles. The van der Waals surface area contributed by atoms with Gasteiger partial charge in [-0.1, -0.05) is 6.07 Å². The van der Waals surface area contributed by atoms with Crippen LogP contribution in [0.5, 0.6) is 0 Å². The lowest BCUT2D eigenvalue weighted by atomic mass is 10.3. The van der Waals surface area contributed by atoms with Crippen LogP contribution < -0.4 is 10.2 Å². The number of nitrogens with zero attached hydrogens (tertiary/aromatic N) is 4. The summed E-state index contributed by atoms with van der Waals surface area (Å²) in [6.07, 6.45) is 0.830. The van der Waals surface area contributed by atoms with Crippen LogP contribution in [-0.4, -0.2) is 47.5 Å². The maximum Gasteiger partial charge on any atom is 0.209 e. The summed E-state index contributed by atoms with van der Waals surface area (Å²) in [6.45, 7) is 4.22. The molecule has 0 atom stereocenters. The Morgan fingerprint density at radius 3 is 2.42 bits per heavy atom. The molecule has 0 spiro atoms. The lowest BCUT2D eigenvalue weighted by Crippen LogP contribution is -2.46. The monoisotopic (exact) mass is 333 g/mol. The second-order valence-corrected chi connectivity index (χ2v) is 5.51. The average Bonchev–Trinajstić information content (AvgIpc) is 2.58. The fourth-order valence-electron chi connectivity index (χ4n) is 2.58. The Balaban J connectivity index is 1.83. The maximum atomic E-state index is 13.8. The van der Waals surface area contributed by atoms with Gasteiger partial charge < -0.3 is 15.1 Å². The third-order valence-electron chi connectivity index (χ3n) is 3.83. The zero-order chi connectivity index (χ0) is 17.1. The Morgan fingerprint density at radius 2 is 1.79 bits per heavy atom. The normalized spacial score (nSPS) is 14.6. The molecule has 0 radical (unpaired) electrons. The van der Waals surface area contributed by atoms with Crippen molar-refractivity contribution >= 4 is 23.7 Å². The molecular weight excluding hydrogens is 316 g/mol. The molecule has 1 fully saturated rings. The molecule has 1 aliphatic rings. The molecule has 0 unspecified atom stereocenters. The molecule has 1 amide bonds. The lowest BCUT2D eigenvalue weighted by molar-refractivity contribution is -0.118. The van der Waals surface area contributed by atoms with E-state index in [1.165, 1.54) is 18.2 Å². The number of halogens is 2. The smallest absolute Gasteiger partial charge is 0.209 e. The third kappa shape index (κ3) is 3.42. The first-order valence-electron chi connectivity index (χ1n) is 7.58. The fourth-order valence-corrected chi connectivity index (χ4v) is 2.58. The summed E-state index contributed by atoms with van der Waals surface area (Å²) in [6, 6.07) is 5.31. The van der Waals surface area contributed by atoms with Gasteiger partial charge in [-0.15, -0.1) is 0 Å². The van der Waals surface area contributed by atoms with Crippen LogP contribution in [0, 0.1) is 18.6 Å². The summed E-state index contributed by atoms with van der Waals surface area (Å²) in [7, 11) is 0. The molecule has 0 aliphatic carbocycles. The van der Waals surface area contributed by atoms with Crippen molar-refractivity contribution in [3.05, 3.63) is 41.7 Å². The number of aromatic nitrogens is 2. The topological polar surface area (TPSA) is 61.4 Å². The van der Waals surface area contributed by atoms with Crippen molar-refractivity contribution in [2.45, 2.75) is 6.92 Å².